The fourth-order valence-electron chi connectivity index (χ4n) is 2.44. The van der Waals surface area contributed by atoms with Gasteiger partial charge in [0, 0.05) is 24.6 Å². The molecule has 0 atom stereocenters. The second-order valence-corrected chi connectivity index (χ2v) is 6.55. The van der Waals surface area contributed by atoms with Crippen molar-refractivity contribution in [2.45, 2.75) is 12.3 Å². The molecule has 0 aliphatic carbocycles. The standard InChI is InChI=1S/C19H22N2O2S/c20-18(22)14-24-12-11-19(23)21-13-17(15-7-3-1-4-8-15)16-9-5-2-6-10-16/h1-10,17H,11-14H2,(H2,20,22)(H,21,23). The molecule has 2 rings (SSSR count). The Balaban J connectivity index is 1.92. The average Bonchev–Trinajstić information content (AvgIpc) is 2.61. The van der Waals surface area contributed by atoms with Crippen molar-refractivity contribution in [2.75, 3.05) is 18.1 Å². The van der Waals surface area contributed by atoms with E-state index in [0.717, 1.165) is 0 Å². The number of amides is 2. The van der Waals surface area contributed by atoms with E-state index < -0.39 is 0 Å². The Morgan fingerprint density at radius 2 is 1.50 bits per heavy atom. The first-order valence-electron chi connectivity index (χ1n) is 7.89. The van der Waals surface area contributed by atoms with Gasteiger partial charge in [0.2, 0.25) is 11.8 Å². The first-order chi connectivity index (χ1) is 11.7. The van der Waals surface area contributed by atoms with E-state index in [4.69, 9.17) is 5.73 Å². The minimum atomic E-state index is -0.353. The maximum atomic E-state index is 12.0. The van der Waals surface area contributed by atoms with Crippen LogP contribution in [0.4, 0.5) is 0 Å². The summed E-state index contributed by atoms with van der Waals surface area (Å²) in [6, 6.07) is 20.3. The first-order valence-corrected chi connectivity index (χ1v) is 9.05. The summed E-state index contributed by atoms with van der Waals surface area (Å²) in [5.74, 6) is 0.604. The van der Waals surface area contributed by atoms with Crippen molar-refractivity contribution in [2.24, 2.45) is 5.73 Å². The number of hydrogen-bond acceptors (Lipinski definition) is 3. The molecule has 2 amide bonds. The highest BCUT2D eigenvalue weighted by molar-refractivity contribution is 7.99. The van der Waals surface area contributed by atoms with Crippen LogP contribution in [0.5, 0.6) is 0 Å². The lowest BCUT2D eigenvalue weighted by Crippen LogP contribution is -2.29. The van der Waals surface area contributed by atoms with Crippen LogP contribution in [0.3, 0.4) is 0 Å². The van der Waals surface area contributed by atoms with Crippen LogP contribution in [0.2, 0.25) is 0 Å². The predicted molar refractivity (Wildman–Crippen MR) is 98.9 cm³/mol. The zero-order valence-electron chi connectivity index (χ0n) is 13.5. The van der Waals surface area contributed by atoms with Gasteiger partial charge in [-0.05, 0) is 11.1 Å². The van der Waals surface area contributed by atoms with Crippen LogP contribution < -0.4 is 11.1 Å². The van der Waals surface area contributed by atoms with Crippen molar-refractivity contribution >= 4 is 23.6 Å². The number of hydrogen-bond donors (Lipinski definition) is 2. The molecule has 0 heterocycles. The number of nitrogens with one attached hydrogen (secondary N) is 1. The van der Waals surface area contributed by atoms with E-state index in [-0.39, 0.29) is 23.5 Å². The molecule has 0 aromatic heterocycles. The van der Waals surface area contributed by atoms with Crippen LogP contribution in [-0.4, -0.2) is 29.9 Å². The number of nitrogens with two attached hydrogens (primary N) is 1. The summed E-state index contributed by atoms with van der Waals surface area (Å²) in [5, 5.41) is 3.00. The van der Waals surface area contributed by atoms with Crippen molar-refractivity contribution in [1.82, 2.24) is 5.32 Å². The van der Waals surface area contributed by atoms with Gasteiger partial charge in [0.1, 0.15) is 0 Å². The van der Waals surface area contributed by atoms with Crippen molar-refractivity contribution in [3.05, 3.63) is 71.8 Å². The topological polar surface area (TPSA) is 72.2 Å². The molecule has 4 nitrogen and oxygen atoms in total. The zero-order valence-corrected chi connectivity index (χ0v) is 14.3. The maximum absolute atomic E-state index is 12.0. The van der Waals surface area contributed by atoms with Crippen LogP contribution in [-0.2, 0) is 9.59 Å². The molecule has 0 aliphatic rings. The largest absolute Gasteiger partial charge is 0.369 e. The van der Waals surface area contributed by atoms with E-state index in [1.165, 1.54) is 22.9 Å². The summed E-state index contributed by atoms with van der Waals surface area (Å²) in [5.41, 5.74) is 7.42. The van der Waals surface area contributed by atoms with E-state index in [0.29, 0.717) is 18.7 Å². The first kappa shape index (κ1) is 18.1. The Hall–Kier alpha value is -2.27. The van der Waals surface area contributed by atoms with E-state index in [1.807, 2.05) is 36.4 Å². The molecular formula is C19H22N2O2S. The molecule has 24 heavy (non-hydrogen) atoms. The molecule has 0 fully saturated rings. The molecule has 3 N–H and O–H groups in total. The molecule has 0 saturated carbocycles. The molecular weight excluding hydrogens is 320 g/mol. The molecule has 0 spiro atoms. The molecule has 0 unspecified atom stereocenters. The third kappa shape index (κ3) is 6.08. The van der Waals surface area contributed by atoms with Gasteiger partial charge in [-0.2, -0.15) is 11.8 Å². The smallest absolute Gasteiger partial charge is 0.227 e. The summed E-state index contributed by atoms with van der Waals surface area (Å²) in [6.45, 7) is 0.549. The Kier molecular flexibility index (Phi) is 7.36. The maximum Gasteiger partial charge on any atom is 0.227 e. The molecule has 2 aromatic rings. The van der Waals surface area contributed by atoms with Gasteiger partial charge in [0.15, 0.2) is 0 Å². The van der Waals surface area contributed by atoms with Crippen LogP contribution in [0.1, 0.15) is 23.5 Å². The highest BCUT2D eigenvalue weighted by atomic mass is 32.2. The number of benzene rings is 2. The SMILES string of the molecule is NC(=O)CSCCC(=O)NCC(c1ccccc1)c1ccccc1. The van der Waals surface area contributed by atoms with Gasteiger partial charge in [-0.3, -0.25) is 9.59 Å². The lowest BCUT2D eigenvalue weighted by molar-refractivity contribution is -0.120. The minimum Gasteiger partial charge on any atom is -0.369 e. The number of primary amides is 1. The molecule has 5 heteroatoms. The Labute approximate surface area is 146 Å². The van der Waals surface area contributed by atoms with Gasteiger partial charge >= 0.3 is 0 Å². The Morgan fingerprint density at radius 1 is 0.958 bits per heavy atom. The molecule has 0 saturated heterocycles. The lowest BCUT2D eigenvalue weighted by Gasteiger charge is -2.19. The monoisotopic (exact) mass is 342 g/mol. The number of thioether (sulfide) groups is 1. The molecule has 0 bridgehead atoms. The molecule has 0 radical (unpaired) electrons. The van der Waals surface area contributed by atoms with Crippen molar-refractivity contribution < 1.29 is 9.59 Å². The molecule has 126 valence electrons. The van der Waals surface area contributed by atoms with Crippen molar-refractivity contribution in [3.8, 4) is 0 Å². The summed E-state index contributed by atoms with van der Waals surface area (Å²) in [6.07, 6.45) is 0.383. The van der Waals surface area contributed by atoms with Crippen LogP contribution in [0, 0.1) is 0 Å². The van der Waals surface area contributed by atoms with Crippen LogP contribution >= 0.6 is 11.8 Å². The fourth-order valence-corrected chi connectivity index (χ4v) is 3.12. The van der Waals surface area contributed by atoms with Crippen molar-refractivity contribution in [1.29, 1.82) is 0 Å². The number of carbonyl (C=O) groups is 2. The molecule has 0 aliphatic heterocycles. The second kappa shape index (κ2) is 9.78. The van der Waals surface area contributed by atoms with Crippen molar-refractivity contribution in [3.63, 3.8) is 0 Å². The summed E-state index contributed by atoms with van der Waals surface area (Å²) >= 11 is 1.38. The van der Waals surface area contributed by atoms with Gasteiger partial charge in [0.05, 0.1) is 5.75 Å². The quantitative estimate of drug-likeness (QED) is 0.688. The van der Waals surface area contributed by atoms with Gasteiger partial charge in [-0.25, -0.2) is 0 Å². The van der Waals surface area contributed by atoms with E-state index in [9.17, 15) is 9.59 Å². The van der Waals surface area contributed by atoms with E-state index in [2.05, 4.69) is 29.6 Å². The average molecular weight is 342 g/mol. The van der Waals surface area contributed by atoms with Gasteiger partial charge < -0.3 is 11.1 Å². The third-order valence-corrected chi connectivity index (χ3v) is 4.61. The third-order valence-electron chi connectivity index (χ3n) is 3.63. The fraction of sp³-hybridized carbons (Fsp3) is 0.263. The predicted octanol–water partition coefficient (Wildman–Crippen LogP) is 2.54. The Bertz CT molecular complexity index is 607. The Morgan fingerprint density at radius 3 is 2.00 bits per heavy atom. The minimum absolute atomic E-state index is 0.0103. The van der Waals surface area contributed by atoms with E-state index >= 15 is 0 Å². The summed E-state index contributed by atoms with van der Waals surface area (Å²) in [4.78, 5) is 22.7. The zero-order chi connectivity index (χ0) is 17.2. The number of rotatable bonds is 9. The van der Waals surface area contributed by atoms with Gasteiger partial charge in [-0.15, -0.1) is 0 Å². The second-order valence-electron chi connectivity index (χ2n) is 5.45. The van der Waals surface area contributed by atoms with Gasteiger partial charge in [-0.1, -0.05) is 60.7 Å². The normalized spacial score (nSPS) is 10.5. The van der Waals surface area contributed by atoms with E-state index in [1.54, 1.807) is 0 Å². The summed E-state index contributed by atoms with van der Waals surface area (Å²) in [7, 11) is 0. The number of carbonyl (C=O) groups excluding carboxylic acids is 2. The van der Waals surface area contributed by atoms with Gasteiger partial charge in [0.25, 0.3) is 0 Å². The lowest BCUT2D eigenvalue weighted by atomic mass is 9.91. The van der Waals surface area contributed by atoms with Crippen LogP contribution in [0.25, 0.3) is 0 Å². The summed E-state index contributed by atoms with van der Waals surface area (Å²) < 4.78 is 0. The highest BCUT2D eigenvalue weighted by Gasteiger charge is 2.14. The van der Waals surface area contributed by atoms with Crippen LogP contribution in [0.15, 0.2) is 60.7 Å². The highest BCUT2D eigenvalue weighted by Crippen LogP contribution is 2.23. The molecule has 2 aromatic carbocycles.